The average molecular weight is 430 g/mol. The summed E-state index contributed by atoms with van der Waals surface area (Å²) in [5, 5.41) is 16.2. The number of amides is 1. The van der Waals surface area contributed by atoms with Crippen LogP contribution in [0.2, 0.25) is 0 Å². The number of aliphatic hydroxyl groups is 2. The summed E-state index contributed by atoms with van der Waals surface area (Å²) < 4.78 is 5.21. The Morgan fingerprint density at radius 3 is 2.35 bits per heavy atom. The van der Waals surface area contributed by atoms with Gasteiger partial charge in [0.2, 0.25) is 5.91 Å². The van der Waals surface area contributed by atoms with Crippen LogP contribution in [0.3, 0.4) is 0 Å². The number of hydrogen-bond acceptors (Lipinski definition) is 4. The summed E-state index contributed by atoms with van der Waals surface area (Å²) in [6.45, 7) is 10.6. The fraction of sp³-hybridized carbons (Fsp3) is 0.423. The molecule has 2 aromatic rings. The largest absolute Gasteiger partial charge is 0.496 e. The number of aliphatic hydroxyl groups excluding tert-OH is 2. The molecule has 0 bridgehead atoms. The third kappa shape index (κ3) is 6.68. The number of nitrogens with two attached hydrogens (primary N) is 1. The van der Waals surface area contributed by atoms with Gasteiger partial charge in [0.25, 0.3) is 0 Å². The predicted octanol–water partition coefficient (Wildman–Crippen LogP) is 4.40. The van der Waals surface area contributed by atoms with Crippen LogP contribution in [-0.2, 0) is 23.2 Å². The number of hydrogen-bond donors (Lipinski definition) is 3. The van der Waals surface area contributed by atoms with Gasteiger partial charge in [0, 0.05) is 8.54 Å². The molecule has 1 unspecified atom stereocenters. The molecule has 172 valence electrons. The van der Waals surface area contributed by atoms with E-state index < -0.39 is 5.41 Å². The van der Waals surface area contributed by atoms with Crippen LogP contribution in [0.1, 0.15) is 56.9 Å². The Bertz CT molecular complexity index is 919. The van der Waals surface area contributed by atoms with Crippen LogP contribution in [-0.4, -0.2) is 30.3 Å². The van der Waals surface area contributed by atoms with Crippen molar-refractivity contribution in [3.63, 3.8) is 0 Å². The molecule has 0 heterocycles. The Hall–Kier alpha value is -2.63. The Morgan fingerprint density at radius 1 is 1.23 bits per heavy atom. The van der Waals surface area contributed by atoms with Gasteiger partial charge >= 0.3 is 0 Å². The lowest BCUT2D eigenvalue weighted by molar-refractivity contribution is -0.124. The molecule has 1 aliphatic rings. The van der Waals surface area contributed by atoms with Gasteiger partial charge in [-0.3, -0.25) is 4.79 Å². The lowest BCUT2D eigenvalue weighted by Crippen LogP contribution is -2.36. The molecule has 2 aromatic carbocycles. The molecule has 0 aliphatic heterocycles. The zero-order valence-electron chi connectivity index (χ0n) is 19.8. The first-order valence-corrected chi connectivity index (χ1v) is 10.3. The molecule has 3 rings (SSSR count). The number of ether oxygens (including phenoxy) is 1. The van der Waals surface area contributed by atoms with Crippen molar-refractivity contribution in [1.82, 2.24) is 0 Å². The molecule has 0 spiro atoms. The summed E-state index contributed by atoms with van der Waals surface area (Å²) in [5.74, 6) is 0.650. The molecule has 0 radical (unpaired) electrons. The minimum atomic E-state index is -0.610. The first-order valence-electron chi connectivity index (χ1n) is 10.3. The van der Waals surface area contributed by atoms with Crippen LogP contribution in [0.4, 0.5) is 0 Å². The zero-order chi connectivity index (χ0) is 23.8. The molecule has 1 atom stereocenters. The van der Waals surface area contributed by atoms with E-state index in [0.29, 0.717) is 6.42 Å². The van der Waals surface area contributed by atoms with Crippen molar-refractivity contribution in [2.75, 3.05) is 14.2 Å². The predicted molar refractivity (Wildman–Crippen MR) is 129 cm³/mol. The molecule has 5 heteroatoms. The number of carbonyl (C=O) groups is 1. The van der Waals surface area contributed by atoms with Gasteiger partial charge in [0.05, 0.1) is 19.1 Å². The summed E-state index contributed by atoms with van der Waals surface area (Å²) in [6.07, 6.45) is 4.31. The van der Waals surface area contributed by atoms with E-state index in [-0.39, 0.29) is 19.4 Å². The summed E-state index contributed by atoms with van der Waals surface area (Å²) in [6, 6.07) is 12.1. The molecule has 0 saturated carbocycles. The number of methoxy groups -OCH3 is 1. The standard InChI is InChI=1S/C13H15NO2.C12H18O.CH4O.H2/c1-13(12(14)16)6-5-11-9(7-13)3-2-4-10(11)8-15;1-9-8-10(12(2,3)4)6-7-11(9)13-5;1-2;/h2-6,15H,7-8H2,1H3,(H2,14,16);6-8H,1-5H3;2H,1H3;1H. The number of aryl methyl sites for hydroxylation is 1. The first kappa shape index (κ1) is 26.4. The lowest BCUT2D eigenvalue weighted by atomic mass is 9.76. The van der Waals surface area contributed by atoms with E-state index in [0.717, 1.165) is 29.5 Å². The van der Waals surface area contributed by atoms with Crippen molar-refractivity contribution in [3.8, 4) is 5.75 Å². The Kier molecular flexibility index (Phi) is 9.47. The molecule has 4 N–H and O–H groups in total. The van der Waals surface area contributed by atoms with Crippen LogP contribution in [0.15, 0.2) is 42.5 Å². The first-order chi connectivity index (χ1) is 14.5. The Labute approximate surface area is 188 Å². The van der Waals surface area contributed by atoms with Gasteiger partial charge in [-0.2, -0.15) is 0 Å². The van der Waals surface area contributed by atoms with E-state index in [1.807, 2.05) is 43.3 Å². The quantitative estimate of drug-likeness (QED) is 0.674. The van der Waals surface area contributed by atoms with Crippen LogP contribution in [0.25, 0.3) is 6.08 Å². The highest BCUT2D eigenvalue weighted by Crippen LogP contribution is 2.33. The highest BCUT2D eigenvalue weighted by atomic mass is 16.5. The lowest BCUT2D eigenvalue weighted by Gasteiger charge is -2.27. The van der Waals surface area contributed by atoms with Crippen LogP contribution >= 0.6 is 0 Å². The molecule has 1 aliphatic carbocycles. The van der Waals surface area contributed by atoms with Gasteiger partial charge in [-0.15, -0.1) is 0 Å². The van der Waals surface area contributed by atoms with E-state index >= 15 is 0 Å². The molecule has 5 nitrogen and oxygen atoms in total. The van der Waals surface area contributed by atoms with Gasteiger partial charge in [-0.25, -0.2) is 0 Å². The van der Waals surface area contributed by atoms with Gasteiger partial charge < -0.3 is 20.7 Å². The summed E-state index contributed by atoms with van der Waals surface area (Å²) in [5.41, 5.74) is 10.5. The van der Waals surface area contributed by atoms with E-state index in [1.54, 1.807) is 7.11 Å². The second kappa shape index (κ2) is 11.1. The van der Waals surface area contributed by atoms with Crippen molar-refractivity contribution in [1.29, 1.82) is 0 Å². The molecule has 0 saturated heterocycles. The fourth-order valence-electron chi connectivity index (χ4n) is 3.41. The Balaban J connectivity index is 0.000000552. The van der Waals surface area contributed by atoms with Crippen molar-refractivity contribution in [2.24, 2.45) is 11.1 Å². The third-order valence-corrected chi connectivity index (χ3v) is 5.46. The third-order valence-electron chi connectivity index (χ3n) is 5.46. The number of benzene rings is 2. The number of primary amides is 1. The monoisotopic (exact) mass is 429 g/mol. The summed E-state index contributed by atoms with van der Waals surface area (Å²) in [4.78, 5) is 11.4. The highest BCUT2D eigenvalue weighted by molar-refractivity contribution is 5.85. The van der Waals surface area contributed by atoms with E-state index in [2.05, 4.69) is 39.8 Å². The summed E-state index contributed by atoms with van der Waals surface area (Å²) in [7, 11) is 2.71. The van der Waals surface area contributed by atoms with Crippen LogP contribution < -0.4 is 10.5 Å². The highest BCUT2D eigenvalue weighted by Gasteiger charge is 2.31. The van der Waals surface area contributed by atoms with E-state index in [4.69, 9.17) is 15.6 Å². The second-order valence-electron chi connectivity index (χ2n) is 8.87. The van der Waals surface area contributed by atoms with Gasteiger partial charge in [-0.05, 0) is 59.6 Å². The summed E-state index contributed by atoms with van der Waals surface area (Å²) >= 11 is 0. The van der Waals surface area contributed by atoms with Crippen LogP contribution in [0, 0.1) is 12.3 Å². The average Bonchev–Trinajstić information content (AvgIpc) is 2.74. The van der Waals surface area contributed by atoms with Crippen molar-refractivity contribution < 1.29 is 21.2 Å². The molecule has 1 amide bonds. The van der Waals surface area contributed by atoms with Gasteiger partial charge in [0.15, 0.2) is 0 Å². The maximum absolute atomic E-state index is 11.4. The van der Waals surface area contributed by atoms with Gasteiger partial charge in [-0.1, -0.05) is 63.3 Å². The van der Waals surface area contributed by atoms with E-state index in [9.17, 15) is 9.90 Å². The maximum Gasteiger partial charge on any atom is 0.227 e. The van der Waals surface area contributed by atoms with E-state index in [1.165, 1.54) is 11.1 Å². The maximum atomic E-state index is 11.4. The zero-order valence-corrected chi connectivity index (χ0v) is 19.8. The smallest absolute Gasteiger partial charge is 0.227 e. The second-order valence-corrected chi connectivity index (χ2v) is 8.87. The molecular formula is C26H39NO4. The topological polar surface area (TPSA) is 92.8 Å². The van der Waals surface area contributed by atoms with Crippen molar-refractivity contribution >= 4 is 12.0 Å². The molecule has 31 heavy (non-hydrogen) atoms. The normalized spacial score (nSPS) is 16.8. The van der Waals surface area contributed by atoms with Gasteiger partial charge in [0.1, 0.15) is 5.75 Å². The number of fused-ring (bicyclic) bond motifs is 1. The number of rotatable bonds is 3. The molecular weight excluding hydrogens is 390 g/mol. The minimum Gasteiger partial charge on any atom is -0.496 e. The van der Waals surface area contributed by atoms with Crippen LogP contribution in [0.5, 0.6) is 5.75 Å². The number of carbonyl (C=O) groups excluding carboxylic acids is 1. The van der Waals surface area contributed by atoms with Crippen molar-refractivity contribution in [3.05, 3.63) is 70.3 Å². The van der Waals surface area contributed by atoms with Crippen molar-refractivity contribution in [2.45, 2.75) is 53.1 Å². The fourth-order valence-corrected chi connectivity index (χ4v) is 3.41. The molecule has 0 aromatic heterocycles. The minimum absolute atomic E-state index is 0. The molecule has 0 fully saturated rings. The Morgan fingerprint density at radius 2 is 1.87 bits per heavy atom. The SMILES string of the molecule is CC1(C(N)=O)C=Cc2c(CO)cccc2C1.CO.COc1ccc(C(C)(C)C)cc1C.[HH].